The van der Waals surface area contributed by atoms with Gasteiger partial charge in [0, 0.05) is 31.1 Å². The number of nitriles is 1. The number of hydrogen-bond acceptors (Lipinski definition) is 5. The highest BCUT2D eigenvalue weighted by Crippen LogP contribution is 2.31. The fourth-order valence-electron chi connectivity index (χ4n) is 2.77. The van der Waals surface area contributed by atoms with Gasteiger partial charge in [-0.2, -0.15) is 10.2 Å². The van der Waals surface area contributed by atoms with E-state index in [9.17, 15) is 5.26 Å². The molecule has 1 fully saturated rings. The molecular weight excluding hydrogens is 288 g/mol. The van der Waals surface area contributed by atoms with Gasteiger partial charge >= 0.3 is 0 Å². The molecule has 5 nitrogen and oxygen atoms in total. The van der Waals surface area contributed by atoms with Crippen molar-refractivity contribution in [3.05, 3.63) is 48.2 Å². The van der Waals surface area contributed by atoms with Gasteiger partial charge < -0.3 is 15.1 Å². The van der Waals surface area contributed by atoms with E-state index in [1.807, 2.05) is 30.3 Å². The van der Waals surface area contributed by atoms with Gasteiger partial charge in [-0.15, -0.1) is 0 Å². The fourth-order valence-corrected chi connectivity index (χ4v) is 2.77. The van der Waals surface area contributed by atoms with Crippen molar-refractivity contribution in [1.82, 2.24) is 10.3 Å². The Balaban J connectivity index is 1.70. The first-order valence-electron chi connectivity index (χ1n) is 7.69. The van der Waals surface area contributed by atoms with Crippen molar-refractivity contribution < 1.29 is 4.42 Å². The topological polar surface area (TPSA) is 73.9 Å². The quantitative estimate of drug-likeness (QED) is 0.775. The zero-order chi connectivity index (χ0) is 15.6. The number of hydrogen-bond donors (Lipinski definition) is 2. The molecule has 2 heterocycles. The number of nitrogens with zero attached hydrogens (tertiary/aromatic N) is 2. The minimum absolute atomic E-state index is 0.306. The summed E-state index contributed by atoms with van der Waals surface area (Å²) in [6.07, 6.45) is 0. The lowest BCUT2D eigenvalue weighted by Crippen LogP contribution is -2.45. The molecule has 0 bridgehead atoms. The molecule has 0 radical (unpaired) electrons. The van der Waals surface area contributed by atoms with Crippen molar-refractivity contribution >= 4 is 16.7 Å². The minimum atomic E-state index is 0.306. The molecule has 2 aromatic carbocycles. The van der Waals surface area contributed by atoms with E-state index >= 15 is 0 Å². The van der Waals surface area contributed by atoms with Crippen LogP contribution in [-0.4, -0.2) is 24.6 Å². The number of fused-ring (bicyclic) bond motifs is 1. The Morgan fingerprint density at radius 3 is 2.83 bits per heavy atom. The maximum absolute atomic E-state index is 9.30. The Morgan fingerprint density at radius 2 is 2.04 bits per heavy atom. The minimum Gasteiger partial charge on any atom is -0.419 e. The Bertz CT molecular complexity index is 884. The van der Waals surface area contributed by atoms with Crippen LogP contribution in [0.4, 0.5) is 5.88 Å². The number of aromatic nitrogens is 1. The van der Waals surface area contributed by atoms with Crippen molar-refractivity contribution in [2.24, 2.45) is 5.92 Å². The predicted octanol–water partition coefficient (Wildman–Crippen LogP) is 3.00. The summed E-state index contributed by atoms with van der Waals surface area (Å²) in [6, 6.07) is 16.2. The molecule has 3 aromatic rings. The zero-order valence-corrected chi connectivity index (χ0v) is 12.5. The van der Waals surface area contributed by atoms with Gasteiger partial charge in [-0.3, -0.25) is 0 Å². The molecule has 0 saturated carbocycles. The SMILES string of the molecule is N#Cc1nc(-c2cccc3ccccc23)oc1NCC1CNC1. The van der Waals surface area contributed by atoms with E-state index in [1.54, 1.807) is 0 Å². The van der Waals surface area contributed by atoms with E-state index in [-0.39, 0.29) is 0 Å². The van der Waals surface area contributed by atoms with Gasteiger partial charge in [-0.25, -0.2) is 0 Å². The average Bonchev–Trinajstić information content (AvgIpc) is 2.96. The third-order valence-electron chi connectivity index (χ3n) is 4.17. The van der Waals surface area contributed by atoms with Gasteiger partial charge in [0.1, 0.15) is 6.07 Å². The smallest absolute Gasteiger partial charge is 0.232 e. The van der Waals surface area contributed by atoms with Crippen LogP contribution in [0.2, 0.25) is 0 Å². The number of nitrogens with one attached hydrogen (secondary N) is 2. The van der Waals surface area contributed by atoms with E-state index < -0.39 is 0 Å². The van der Waals surface area contributed by atoms with Crippen LogP contribution < -0.4 is 10.6 Å². The second kappa shape index (κ2) is 5.75. The molecule has 1 saturated heterocycles. The van der Waals surface area contributed by atoms with Crippen molar-refractivity contribution in [3.63, 3.8) is 0 Å². The molecule has 0 spiro atoms. The third kappa shape index (κ3) is 2.54. The Labute approximate surface area is 133 Å². The Morgan fingerprint density at radius 1 is 1.22 bits per heavy atom. The molecular formula is C18H16N4O. The Kier molecular flexibility index (Phi) is 3.45. The first-order valence-corrected chi connectivity index (χ1v) is 7.69. The standard InChI is InChI=1S/C18H16N4O/c19-8-16-18(21-11-12-9-20-10-12)23-17(22-16)15-7-3-5-13-4-1-2-6-14(13)15/h1-7,12,20-21H,9-11H2. The highest BCUT2D eigenvalue weighted by molar-refractivity contribution is 5.94. The summed E-state index contributed by atoms with van der Waals surface area (Å²) in [7, 11) is 0. The van der Waals surface area contributed by atoms with Crippen molar-refractivity contribution in [2.45, 2.75) is 0 Å². The van der Waals surface area contributed by atoms with E-state index in [2.05, 4.69) is 33.8 Å². The fraction of sp³-hybridized carbons (Fsp3) is 0.222. The first kappa shape index (κ1) is 13.8. The van der Waals surface area contributed by atoms with Gasteiger partial charge in [0.15, 0.2) is 0 Å². The summed E-state index contributed by atoms with van der Waals surface area (Å²) in [5.41, 5.74) is 1.21. The molecule has 0 unspecified atom stereocenters. The predicted molar refractivity (Wildman–Crippen MR) is 89.0 cm³/mol. The summed E-state index contributed by atoms with van der Waals surface area (Å²) >= 11 is 0. The lowest BCUT2D eigenvalue weighted by molar-refractivity contribution is 0.363. The number of anilines is 1. The average molecular weight is 304 g/mol. The molecule has 114 valence electrons. The maximum atomic E-state index is 9.30. The van der Waals surface area contributed by atoms with E-state index in [4.69, 9.17) is 4.42 Å². The van der Waals surface area contributed by atoms with Gasteiger partial charge in [0.25, 0.3) is 0 Å². The largest absolute Gasteiger partial charge is 0.419 e. The molecule has 0 aliphatic carbocycles. The van der Waals surface area contributed by atoms with Crippen LogP contribution in [0.3, 0.4) is 0 Å². The highest BCUT2D eigenvalue weighted by Gasteiger charge is 2.20. The normalized spacial score (nSPS) is 14.4. The van der Waals surface area contributed by atoms with Crippen molar-refractivity contribution in [1.29, 1.82) is 5.26 Å². The van der Waals surface area contributed by atoms with E-state index in [0.717, 1.165) is 36.0 Å². The molecule has 2 N–H and O–H groups in total. The van der Waals surface area contributed by atoms with Crippen LogP contribution in [0.1, 0.15) is 5.69 Å². The van der Waals surface area contributed by atoms with Crippen molar-refractivity contribution in [3.8, 4) is 17.5 Å². The molecule has 4 rings (SSSR count). The highest BCUT2D eigenvalue weighted by atomic mass is 16.4. The van der Waals surface area contributed by atoms with Crippen LogP contribution in [0.25, 0.3) is 22.2 Å². The van der Waals surface area contributed by atoms with Gasteiger partial charge in [-0.1, -0.05) is 36.4 Å². The summed E-state index contributed by atoms with van der Waals surface area (Å²) in [5, 5.41) is 17.9. The van der Waals surface area contributed by atoms with Crippen LogP contribution in [-0.2, 0) is 0 Å². The molecule has 0 atom stereocenters. The summed E-state index contributed by atoms with van der Waals surface area (Å²) in [6.45, 7) is 2.78. The zero-order valence-electron chi connectivity index (χ0n) is 12.5. The van der Waals surface area contributed by atoms with Gasteiger partial charge in [0.2, 0.25) is 17.5 Å². The molecule has 0 amide bonds. The number of rotatable bonds is 4. The van der Waals surface area contributed by atoms with Crippen LogP contribution in [0.15, 0.2) is 46.9 Å². The van der Waals surface area contributed by atoms with Crippen molar-refractivity contribution in [2.75, 3.05) is 25.0 Å². The maximum Gasteiger partial charge on any atom is 0.232 e. The van der Waals surface area contributed by atoms with Crippen LogP contribution >= 0.6 is 0 Å². The second-order valence-corrected chi connectivity index (χ2v) is 5.74. The molecule has 1 aromatic heterocycles. The molecule has 1 aliphatic heterocycles. The molecule has 5 heteroatoms. The number of oxazole rings is 1. The Hall–Kier alpha value is -2.84. The first-order chi connectivity index (χ1) is 11.3. The molecule has 23 heavy (non-hydrogen) atoms. The van der Waals surface area contributed by atoms with Crippen LogP contribution in [0.5, 0.6) is 0 Å². The van der Waals surface area contributed by atoms with Gasteiger partial charge in [0.05, 0.1) is 0 Å². The summed E-state index contributed by atoms with van der Waals surface area (Å²) in [4.78, 5) is 4.36. The number of benzene rings is 2. The van der Waals surface area contributed by atoms with Crippen LogP contribution in [0, 0.1) is 17.2 Å². The lowest BCUT2D eigenvalue weighted by Gasteiger charge is -2.26. The van der Waals surface area contributed by atoms with E-state index in [0.29, 0.717) is 23.4 Å². The van der Waals surface area contributed by atoms with Gasteiger partial charge in [-0.05, 0) is 16.8 Å². The lowest BCUT2D eigenvalue weighted by atomic mass is 10.0. The molecule has 1 aliphatic rings. The second-order valence-electron chi connectivity index (χ2n) is 5.74. The third-order valence-corrected chi connectivity index (χ3v) is 4.17. The summed E-state index contributed by atoms with van der Waals surface area (Å²) in [5.74, 6) is 1.52. The monoisotopic (exact) mass is 304 g/mol. The van der Waals surface area contributed by atoms with E-state index in [1.165, 1.54) is 0 Å². The summed E-state index contributed by atoms with van der Waals surface area (Å²) < 4.78 is 5.85.